The summed E-state index contributed by atoms with van der Waals surface area (Å²) in [5.41, 5.74) is 0. The van der Waals surface area contributed by atoms with E-state index in [-0.39, 0.29) is 17.3 Å². The van der Waals surface area contributed by atoms with Crippen molar-refractivity contribution >= 4 is 10.0 Å². The maximum absolute atomic E-state index is 12.5. The van der Waals surface area contributed by atoms with Gasteiger partial charge in [-0.05, 0) is 26.7 Å². The van der Waals surface area contributed by atoms with Crippen LogP contribution in [0.5, 0.6) is 0 Å². The fraction of sp³-hybridized carbons (Fsp3) is 1.00. The number of piperazine rings is 1. The number of nitrogens with zero attached hydrogens (tertiary/aromatic N) is 1. The van der Waals surface area contributed by atoms with Crippen LogP contribution in [-0.4, -0.2) is 56.4 Å². The van der Waals surface area contributed by atoms with E-state index in [2.05, 4.69) is 5.32 Å². The van der Waals surface area contributed by atoms with Gasteiger partial charge in [0.1, 0.15) is 0 Å². The highest BCUT2D eigenvalue weighted by atomic mass is 32.2. The Morgan fingerprint density at radius 1 is 1.35 bits per heavy atom. The number of sulfonamides is 1. The van der Waals surface area contributed by atoms with Crippen LogP contribution in [-0.2, 0) is 14.8 Å². The highest BCUT2D eigenvalue weighted by Gasteiger charge is 2.39. The molecule has 2 rings (SSSR count). The Balaban J connectivity index is 2.13. The molecule has 0 aromatic heterocycles. The molecule has 2 saturated heterocycles. The second kappa shape index (κ2) is 5.22. The van der Waals surface area contributed by atoms with E-state index in [0.717, 1.165) is 19.4 Å². The number of ether oxygens (including phenoxy) is 1. The van der Waals surface area contributed by atoms with Crippen LogP contribution in [0.4, 0.5) is 0 Å². The third-order valence-corrected chi connectivity index (χ3v) is 6.23. The summed E-state index contributed by atoms with van der Waals surface area (Å²) in [7, 11) is -3.20. The number of rotatable bonds is 2. The molecule has 0 amide bonds. The van der Waals surface area contributed by atoms with Crippen LogP contribution in [0.3, 0.4) is 0 Å². The van der Waals surface area contributed by atoms with Gasteiger partial charge in [0.25, 0.3) is 0 Å². The van der Waals surface area contributed by atoms with Crippen molar-refractivity contribution in [3.05, 3.63) is 0 Å². The molecule has 2 heterocycles. The molecule has 2 aliphatic rings. The average Bonchev–Trinajstić information content (AvgIpc) is 2.33. The van der Waals surface area contributed by atoms with Crippen LogP contribution in [0.1, 0.15) is 26.7 Å². The molecule has 17 heavy (non-hydrogen) atoms. The van der Waals surface area contributed by atoms with Gasteiger partial charge in [0, 0.05) is 31.8 Å². The summed E-state index contributed by atoms with van der Waals surface area (Å²) in [6.45, 7) is 6.36. The summed E-state index contributed by atoms with van der Waals surface area (Å²) in [6.07, 6.45) is 1.58. The molecule has 2 fully saturated rings. The molecule has 3 atom stereocenters. The molecular formula is C11H22N2O3S. The van der Waals surface area contributed by atoms with Crippen molar-refractivity contribution in [3.63, 3.8) is 0 Å². The van der Waals surface area contributed by atoms with E-state index in [9.17, 15) is 8.42 Å². The lowest BCUT2D eigenvalue weighted by Gasteiger charge is -2.40. The quantitative estimate of drug-likeness (QED) is 0.771. The lowest BCUT2D eigenvalue weighted by Crippen LogP contribution is -2.59. The Bertz CT molecular complexity index is 352. The van der Waals surface area contributed by atoms with E-state index >= 15 is 0 Å². The maximum Gasteiger partial charge on any atom is 0.219 e. The first-order chi connectivity index (χ1) is 8.03. The molecule has 0 spiro atoms. The lowest BCUT2D eigenvalue weighted by atomic mass is 10.1. The van der Waals surface area contributed by atoms with E-state index in [0.29, 0.717) is 19.8 Å². The molecule has 0 bridgehead atoms. The Kier molecular flexibility index (Phi) is 4.07. The summed E-state index contributed by atoms with van der Waals surface area (Å²) in [6, 6.07) is 0.235. The monoisotopic (exact) mass is 262 g/mol. The maximum atomic E-state index is 12.5. The molecular weight excluding hydrogens is 240 g/mol. The van der Waals surface area contributed by atoms with Crippen molar-refractivity contribution in [1.82, 2.24) is 9.62 Å². The molecule has 0 aromatic rings. The Morgan fingerprint density at radius 3 is 2.76 bits per heavy atom. The van der Waals surface area contributed by atoms with Crippen molar-refractivity contribution in [2.45, 2.75) is 44.0 Å². The number of hydrogen-bond donors (Lipinski definition) is 1. The third-order valence-electron chi connectivity index (χ3n) is 3.84. The van der Waals surface area contributed by atoms with Gasteiger partial charge in [0.2, 0.25) is 10.0 Å². The van der Waals surface area contributed by atoms with Crippen LogP contribution >= 0.6 is 0 Å². The van der Waals surface area contributed by atoms with Gasteiger partial charge in [0.15, 0.2) is 0 Å². The van der Waals surface area contributed by atoms with Gasteiger partial charge in [-0.2, -0.15) is 4.31 Å². The van der Waals surface area contributed by atoms with Gasteiger partial charge in [-0.25, -0.2) is 8.42 Å². The molecule has 2 aliphatic heterocycles. The van der Waals surface area contributed by atoms with Crippen LogP contribution in [0.25, 0.3) is 0 Å². The van der Waals surface area contributed by atoms with E-state index < -0.39 is 10.0 Å². The molecule has 1 N–H and O–H groups in total. The summed E-state index contributed by atoms with van der Waals surface area (Å²) in [5, 5.41) is 2.96. The Hall–Kier alpha value is -0.170. The summed E-state index contributed by atoms with van der Waals surface area (Å²) < 4.78 is 32.0. The topological polar surface area (TPSA) is 58.6 Å². The van der Waals surface area contributed by atoms with E-state index in [1.54, 1.807) is 4.31 Å². The van der Waals surface area contributed by atoms with Crippen molar-refractivity contribution in [2.24, 2.45) is 0 Å². The zero-order valence-corrected chi connectivity index (χ0v) is 11.4. The first-order valence-corrected chi connectivity index (χ1v) is 7.85. The molecule has 0 saturated carbocycles. The van der Waals surface area contributed by atoms with Gasteiger partial charge >= 0.3 is 0 Å². The van der Waals surface area contributed by atoms with Gasteiger partial charge in [-0.1, -0.05) is 0 Å². The van der Waals surface area contributed by atoms with Crippen LogP contribution < -0.4 is 5.32 Å². The largest absolute Gasteiger partial charge is 0.380 e. The number of hydrogen-bond acceptors (Lipinski definition) is 4. The molecule has 3 unspecified atom stereocenters. The van der Waals surface area contributed by atoms with Crippen LogP contribution in [0.15, 0.2) is 0 Å². The molecule has 6 heteroatoms. The second-order valence-electron chi connectivity index (χ2n) is 4.98. The van der Waals surface area contributed by atoms with Crippen molar-refractivity contribution in [3.8, 4) is 0 Å². The van der Waals surface area contributed by atoms with Crippen LogP contribution in [0, 0.1) is 0 Å². The first kappa shape index (κ1) is 13.3. The smallest absolute Gasteiger partial charge is 0.219 e. The predicted molar refractivity (Wildman–Crippen MR) is 66.4 cm³/mol. The average molecular weight is 262 g/mol. The highest BCUT2D eigenvalue weighted by molar-refractivity contribution is 7.89. The van der Waals surface area contributed by atoms with Gasteiger partial charge in [0.05, 0.1) is 11.9 Å². The van der Waals surface area contributed by atoms with Crippen LogP contribution in [0.2, 0.25) is 0 Å². The SMILES string of the molecule is CC1NCCN(S(=O)(=O)C2CCCOC2)C1C. The lowest BCUT2D eigenvalue weighted by molar-refractivity contribution is 0.0959. The van der Waals surface area contributed by atoms with Crippen molar-refractivity contribution in [2.75, 3.05) is 26.3 Å². The fourth-order valence-electron chi connectivity index (χ4n) is 2.52. The normalized spacial score (nSPS) is 36.9. The molecule has 5 nitrogen and oxygen atoms in total. The summed E-state index contributed by atoms with van der Waals surface area (Å²) in [4.78, 5) is 0. The van der Waals surface area contributed by atoms with Crippen molar-refractivity contribution in [1.29, 1.82) is 0 Å². The Morgan fingerprint density at radius 2 is 2.12 bits per heavy atom. The van der Waals surface area contributed by atoms with Gasteiger partial charge in [-0.3, -0.25) is 0 Å². The number of nitrogens with one attached hydrogen (secondary N) is 1. The van der Waals surface area contributed by atoms with Crippen molar-refractivity contribution < 1.29 is 13.2 Å². The molecule has 100 valence electrons. The minimum absolute atomic E-state index is 0.0238. The van der Waals surface area contributed by atoms with Gasteiger partial charge < -0.3 is 10.1 Å². The predicted octanol–water partition coefficient (Wildman–Crippen LogP) is 0.177. The molecule has 0 aromatic carbocycles. The molecule has 0 aliphatic carbocycles. The zero-order chi connectivity index (χ0) is 12.5. The standard InChI is InChI=1S/C11H22N2O3S/c1-9-10(2)13(6-5-12-9)17(14,15)11-4-3-7-16-8-11/h9-12H,3-8H2,1-2H3. The third kappa shape index (κ3) is 2.65. The molecule has 0 radical (unpaired) electrons. The Labute approximate surface area is 104 Å². The van der Waals surface area contributed by atoms with E-state index in [1.165, 1.54) is 0 Å². The van der Waals surface area contributed by atoms with E-state index in [4.69, 9.17) is 4.74 Å². The minimum atomic E-state index is -3.20. The first-order valence-electron chi connectivity index (χ1n) is 6.35. The van der Waals surface area contributed by atoms with Gasteiger partial charge in [-0.15, -0.1) is 0 Å². The minimum Gasteiger partial charge on any atom is -0.380 e. The summed E-state index contributed by atoms with van der Waals surface area (Å²) in [5.74, 6) is 0. The fourth-order valence-corrected chi connectivity index (χ4v) is 4.63. The second-order valence-corrected chi connectivity index (χ2v) is 7.14. The highest BCUT2D eigenvalue weighted by Crippen LogP contribution is 2.22. The zero-order valence-electron chi connectivity index (χ0n) is 10.6. The van der Waals surface area contributed by atoms with E-state index in [1.807, 2.05) is 13.8 Å². The summed E-state index contributed by atoms with van der Waals surface area (Å²) >= 11 is 0.